The van der Waals surface area contributed by atoms with Crippen LogP contribution in [-0.2, 0) is 0 Å². The molecule has 1 N–H and O–H groups in total. The van der Waals surface area contributed by atoms with Gasteiger partial charge in [-0.2, -0.15) is 0 Å². The molecular formula is C16H21N5O2. The molecule has 1 amide bonds. The number of H-pyrrole nitrogens is 1. The van der Waals surface area contributed by atoms with Crippen LogP contribution >= 0.6 is 0 Å². The fraction of sp³-hybridized carbons (Fsp3) is 0.438. The van der Waals surface area contributed by atoms with Gasteiger partial charge in [0.25, 0.3) is 5.91 Å². The summed E-state index contributed by atoms with van der Waals surface area (Å²) in [6.45, 7) is 6.73. The number of imidazole rings is 1. The lowest BCUT2D eigenvalue weighted by atomic mass is 10.2. The summed E-state index contributed by atoms with van der Waals surface area (Å²) < 4.78 is 5.60. The highest BCUT2D eigenvalue weighted by atomic mass is 16.5. The third-order valence-electron chi connectivity index (χ3n) is 3.68. The lowest BCUT2D eigenvalue weighted by Crippen LogP contribution is -2.49. The number of hydrogen-bond acceptors (Lipinski definition) is 5. The van der Waals surface area contributed by atoms with E-state index in [0.717, 1.165) is 19.0 Å². The molecule has 2 aromatic heterocycles. The molecule has 1 fully saturated rings. The van der Waals surface area contributed by atoms with E-state index in [-0.39, 0.29) is 12.0 Å². The van der Waals surface area contributed by atoms with E-state index in [0.29, 0.717) is 24.4 Å². The maximum absolute atomic E-state index is 12.6. The Balaban J connectivity index is 1.63. The summed E-state index contributed by atoms with van der Waals surface area (Å²) in [5.41, 5.74) is 0.564. The zero-order valence-corrected chi connectivity index (χ0v) is 13.4. The zero-order valence-electron chi connectivity index (χ0n) is 13.4. The Morgan fingerprint density at radius 3 is 2.70 bits per heavy atom. The van der Waals surface area contributed by atoms with Crippen molar-refractivity contribution in [3.63, 3.8) is 0 Å². The average molecular weight is 315 g/mol. The van der Waals surface area contributed by atoms with Crippen LogP contribution in [0, 0.1) is 0 Å². The molecule has 0 aliphatic carbocycles. The molecule has 0 bridgehead atoms. The van der Waals surface area contributed by atoms with E-state index >= 15 is 0 Å². The first-order chi connectivity index (χ1) is 11.1. The highest BCUT2D eigenvalue weighted by molar-refractivity contribution is 5.94. The summed E-state index contributed by atoms with van der Waals surface area (Å²) in [5.74, 6) is 1.47. The minimum absolute atomic E-state index is 0.00852. The Morgan fingerprint density at radius 1 is 1.26 bits per heavy atom. The minimum atomic E-state index is -0.00852. The monoisotopic (exact) mass is 315 g/mol. The number of nitrogens with one attached hydrogen (secondary N) is 1. The molecule has 0 atom stereocenters. The number of pyridine rings is 1. The molecule has 1 aliphatic rings. The van der Waals surface area contributed by atoms with Crippen LogP contribution in [0.4, 0.5) is 5.95 Å². The van der Waals surface area contributed by atoms with E-state index in [2.05, 4.69) is 19.9 Å². The highest BCUT2D eigenvalue weighted by Gasteiger charge is 2.23. The molecule has 2 aromatic rings. The lowest BCUT2D eigenvalue weighted by molar-refractivity contribution is 0.0745. The van der Waals surface area contributed by atoms with Gasteiger partial charge in [-0.3, -0.25) is 9.78 Å². The second-order valence-corrected chi connectivity index (χ2v) is 5.77. The van der Waals surface area contributed by atoms with Gasteiger partial charge in [-0.25, -0.2) is 4.98 Å². The van der Waals surface area contributed by atoms with Crippen molar-refractivity contribution in [1.82, 2.24) is 19.9 Å². The zero-order chi connectivity index (χ0) is 16.2. The Hall–Kier alpha value is -2.57. The van der Waals surface area contributed by atoms with E-state index in [1.165, 1.54) is 0 Å². The fourth-order valence-electron chi connectivity index (χ4n) is 2.61. The fourth-order valence-corrected chi connectivity index (χ4v) is 2.61. The summed E-state index contributed by atoms with van der Waals surface area (Å²) >= 11 is 0. The van der Waals surface area contributed by atoms with Crippen LogP contribution in [0.1, 0.15) is 24.2 Å². The molecule has 3 heterocycles. The predicted molar refractivity (Wildman–Crippen MR) is 86.7 cm³/mol. The number of ether oxygens (including phenoxy) is 1. The van der Waals surface area contributed by atoms with Crippen LogP contribution in [0.2, 0.25) is 0 Å². The third-order valence-corrected chi connectivity index (χ3v) is 3.68. The summed E-state index contributed by atoms with van der Waals surface area (Å²) in [6, 6.07) is 1.76. The topological polar surface area (TPSA) is 74.3 Å². The SMILES string of the molecule is CC(C)Oc1cncc(C(=O)N2CCN(c3ncc[nH]3)CC2)c1. The number of aromatic nitrogens is 3. The molecule has 7 nitrogen and oxygen atoms in total. The molecule has 0 radical (unpaired) electrons. The molecule has 122 valence electrons. The van der Waals surface area contributed by atoms with Crippen molar-refractivity contribution in [2.75, 3.05) is 31.1 Å². The number of hydrogen-bond donors (Lipinski definition) is 1. The maximum Gasteiger partial charge on any atom is 0.255 e. The van der Waals surface area contributed by atoms with Crippen LogP contribution in [0.25, 0.3) is 0 Å². The molecule has 1 aliphatic heterocycles. The van der Waals surface area contributed by atoms with Gasteiger partial charge in [-0.05, 0) is 19.9 Å². The van der Waals surface area contributed by atoms with Gasteiger partial charge in [0.05, 0.1) is 17.9 Å². The molecule has 23 heavy (non-hydrogen) atoms. The normalized spacial score (nSPS) is 15.1. The largest absolute Gasteiger partial charge is 0.489 e. The van der Waals surface area contributed by atoms with Crippen molar-refractivity contribution in [2.24, 2.45) is 0 Å². The number of carbonyl (C=O) groups excluding carboxylic acids is 1. The molecule has 0 spiro atoms. The summed E-state index contributed by atoms with van der Waals surface area (Å²) in [6.07, 6.45) is 6.82. The molecule has 0 saturated carbocycles. The van der Waals surface area contributed by atoms with Gasteiger partial charge in [0, 0.05) is 44.8 Å². The Morgan fingerprint density at radius 2 is 2.04 bits per heavy atom. The van der Waals surface area contributed by atoms with Gasteiger partial charge in [-0.15, -0.1) is 0 Å². The first kappa shape index (κ1) is 15.3. The van der Waals surface area contributed by atoms with E-state index in [1.54, 1.807) is 30.9 Å². The van der Waals surface area contributed by atoms with Crippen molar-refractivity contribution in [3.8, 4) is 5.75 Å². The van der Waals surface area contributed by atoms with Gasteiger partial charge in [0.15, 0.2) is 0 Å². The van der Waals surface area contributed by atoms with Crippen molar-refractivity contribution >= 4 is 11.9 Å². The van der Waals surface area contributed by atoms with Gasteiger partial charge in [0.1, 0.15) is 5.75 Å². The Labute approximate surface area is 135 Å². The van der Waals surface area contributed by atoms with Crippen LogP contribution in [-0.4, -0.2) is 58.0 Å². The first-order valence-electron chi connectivity index (χ1n) is 7.79. The predicted octanol–water partition coefficient (Wildman–Crippen LogP) is 1.55. The van der Waals surface area contributed by atoms with E-state index in [1.807, 2.05) is 18.7 Å². The van der Waals surface area contributed by atoms with Crippen molar-refractivity contribution in [2.45, 2.75) is 20.0 Å². The molecule has 3 rings (SSSR count). The van der Waals surface area contributed by atoms with Gasteiger partial charge in [-0.1, -0.05) is 0 Å². The second kappa shape index (κ2) is 6.68. The lowest BCUT2D eigenvalue weighted by Gasteiger charge is -2.34. The van der Waals surface area contributed by atoms with Crippen LogP contribution in [0.15, 0.2) is 30.9 Å². The van der Waals surface area contributed by atoms with Crippen LogP contribution < -0.4 is 9.64 Å². The quantitative estimate of drug-likeness (QED) is 0.926. The summed E-state index contributed by atoms with van der Waals surface area (Å²) in [7, 11) is 0. The Kier molecular flexibility index (Phi) is 4.45. The van der Waals surface area contributed by atoms with Gasteiger partial charge >= 0.3 is 0 Å². The van der Waals surface area contributed by atoms with Crippen molar-refractivity contribution in [1.29, 1.82) is 0 Å². The molecule has 0 aromatic carbocycles. The van der Waals surface area contributed by atoms with E-state index < -0.39 is 0 Å². The van der Waals surface area contributed by atoms with Crippen molar-refractivity contribution in [3.05, 3.63) is 36.4 Å². The number of rotatable bonds is 4. The summed E-state index contributed by atoms with van der Waals surface area (Å²) in [4.78, 5) is 28.1. The number of amides is 1. The van der Waals surface area contributed by atoms with Crippen molar-refractivity contribution < 1.29 is 9.53 Å². The maximum atomic E-state index is 12.6. The molecule has 1 saturated heterocycles. The number of carbonyl (C=O) groups is 1. The van der Waals surface area contributed by atoms with Crippen LogP contribution in [0.5, 0.6) is 5.75 Å². The van der Waals surface area contributed by atoms with E-state index in [4.69, 9.17) is 4.74 Å². The standard InChI is InChI=1S/C16H21N5O2/c1-12(2)23-14-9-13(10-17-11-14)15(22)20-5-7-21(8-6-20)16-18-3-4-19-16/h3-4,9-12H,5-8H2,1-2H3,(H,18,19). The first-order valence-corrected chi connectivity index (χ1v) is 7.79. The average Bonchev–Trinajstić information content (AvgIpc) is 3.08. The second-order valence-electron chi connectivity index (χ2n) is 5.77. The summed E-state index contributed by atoms with van der Waals surface area (Å²) in [5, 5.41) is 0. The number of piperazine rings is 1. The number of aromatic amines is 1. The minimum Gasteiger partial charge on any atom is -0.489 e. The van der Waals surface area contributed by atoms with Gasteiger partial charge < -0.3 is 19.5 Å². The smallest absolute Gasteiger partial charge is 0.255 e. The van der Waals surface area contributed by atoms with E-state index in [9.17, 15) is 4.79 Å². The third kappa shape index (κ3) is 3.61. The highest BCUT2D eigenvalue weighted by Crippen LogP contribution is 2.16. The molecular weight excluding hydrogens is 294 g/mol. The number of nitrogens with zero attached hydrogens (tertiary/aromatic N) is 4. The van der Waals surface area contributed by atoms with Gasteiger partial charge in [0.2, 0.25) is 5.95 Å². The number of anilines is 1. The molecule has 0 unspecified atom stereocenters. The molecule has 7 heteroatoms. The Bertz CT molecular complexity index is 648. The van der Waals surface area contributed by atoms with Crippen LogP contribution in [0.3, 0.4) is 0 Å².